The zero-order chi connectivity index (χ0) is 9.14. The van der Waals surface area contributed by atoms with E-state index in [1.165, 1.54) is 0 Å². The first-order valence-electron chi connectivity index (χ1n) is 3.58. The van der Waals surface area contributed by atoms with E-state index in [9.17, 15) is 0 Å². The van der Waals surface area contributed by atoms with Crippen molar-refractivity contribution in [2.75, 3.05) is 0 Å². The maximum absolute atomic E-state index is 8.67. The monoisotopic (exact) mass is 272 g/mol. The van der Waals surface area contributed by atoms with Gasteiger partial charge >= 0.3 is 0 Å². The first kappa shape index (κ1) is 9.49. The van der Waals surface area contributed by atoms with Crippen molar-refractivity contribution in [1.29, 1.82) is 5.26 Å². The summed E-state index contributed by atoms with van der Waals surface area (Å²) in [7, 11) is 0. The second-order valence-corrected chi connectivity index (χ2v) is 3.73. The maximum Gasteiger partial charge on any atom is 0.0992 e. The third-order valence-corrected chi connectivity index (χ3v) is 2.71. The molecule has 0 unspecified atom stereocenters. The van der Waals surface area contributed by atoms with Crippen molar-refractivity contribution in [3.63, 3.8) is 0 Å². The molecule has 1 rings (SSSR count). The largest absolute Gasteiger partial charge is 0.326 e. The molecule has 0 atom stereocenters. The number of nitrogens with two attached hydrogens (primary N) is 1. The number of nitrogens with zero attached hydrogens (tertiary/aromatic N) is 1. The highest BCUT2D eigenvalue weighted by Crippen LogP contribution is 2.18. The lowest BCUT2D eigenvalue weighted by atomic mass is 10.1. The number of hydrogen-bond acceptors (Lipinski definition) is 2. The van der Waals surface area contributed by atoms with Crippen molar-refractivity contribution >= 4 is 22.6 Å². The van der Waals surface area contributed by atoms with Gasteiger partial charge in [0.05, 0.1) is 11.6 Å². The van der Waals surface area contributed by atoms with Gasteiger partial charge in [-0.1, -0.05) is 0 Å². The summed E-state index contributed by atoms with van der Waals surface area (Å²) in [6.45, 7) is 2.51. The van der Waals surface area contributed by atoms with E-state index in [2.05, 4.69) is 28.7 Å². The summed E-state index contributed by atoms with van der Waals surface area (Å²) in [5, 5.41) is 8.67. The smallest absolute Gasteiger partial charge is 0.0992 e. The Hall–Kier alpha value is -0.600. The van der Waals surface area contributed by atoms with E-state index >= 15 is 0 Å². The zero-order valence-electron chi connectivity index (χ0n) is 6.76. The van der Waals surface area contributed by atoms with Crippen molar-refractivity contribution in [1.82, 2.24) is 0 Å². The van der Waals surface area contributed by atoms with Crippen LogP contribution in [0.5, 0.6) is 0 Å². The van der Waals surface area contributed by atoms with Gasteiger partial charge in [-0.3, -0.25) is 0 Å². The molecule has 0 radical (unpaired) electrons. The lowest BCUT2D eigenvalue weighted by Gasteiger charge is -2.05. The van der Waals surface area contributed by atoms with Crippen LogP contribution >= 0.6 is 22.6 Å². The maximum atomic E-state index is 8.67. The third-order valence-electron chi connectivity index (χ3n) is 1.75. The van der Waals surface area contributed by atoms with Crippen molar-refractivity contribution in [3.8, 4) is 6.07 Å². The van der Waals surface area contributed by atoms with E-state index in [4.69, 9.17) is 11.0 Å². The molecule has 1 aromatic rings. The number of halogens is 1. The second-order valence-electron chi connectivity index (χ2n) is 2.57. The van der Waals surface area contributed by atoms with Crippen LogP contribution in [0.25, 0.3) is 0 Å². The van der Waals surface area contributed by atoms with Gasteiger partial charge in [-0.05, 0) is 52.8 Å². The first-order valence-corrected chi connectivity index (χ1v) is 4.66. The van der Waals surface area contributed by atoms with Crippen LogP contribution in [0.4, 0.5) is 0 Å². The Labute approximate surface area is 85.5 Å². The lowest BCUT2D eigenvalue weighted by Crippen LogP contribution is -2.02. The molecule has 0 aromatic heterocycles. The van der Waals surface area contributed by atoms with Gasteiger partial charge in [-0.2, -0.15) is 5.26 Å². The second kappa shape index (κ2) is 3.87. The Morgan fingerprint density at radius 3 is 2.67 bits per heavy atom. The molecular weight excluding hydrogens is 263 g/mol. The third kappa shape index (κ3) is 1.76. The minimum atomic E-state index is 0.538. The summed E-state index contributed by atoms with van der Waals surface area (Å²) in [5.41, 5.74) is 8.49. The van der Waals surface area contributed by atoms with Crippen molar-refractivity contribution in [3.05, 3.63) is 32.4 Å². The summed E-state index contributed by atoms with van der Waals surface area (Å²) < 4.78 is 1.08. The summed E-state index contributed by atoms with van der Waals surface area (Å²) >= 11 is 2.20. The fourth-order valence-electron chi connectivity index (χ4n) is 1.10. The Morgan fingerprint density at radius 1 is 1.58 bits per heavy atom. The van der Waals surface area contributed by atoms with Gasteiger partial charge in [0.2, 0.25) is 0 Å². The molecule has 0 aliphatic heterocycles. The predicted molar refractivity (Wildman–Crippen MR) is 56.5 cm³/mol. The molecule has 1 aromatic carbocycles. The SMILES string of the molecule is Cc1cc(C#N)cc(I)c1CN. The van der Waals surface area contributed by atoms with Gasteiger partial charge in [0, 0.05) is 10.1 Å². The van der Waals surface area contributed by atoms with Crippen molar-refractivity contribution in [2.45, 2.75) is 13.5 Å². The molecule has 0 saturated heterocycles. The van der Waals surface area contributed by atoms with E-state index in [1.54, 1.807) is 0 Å². The van der Waals surface area contributed by atoms with E-state index in [-0.39, 0.29) is 0 Å². The van der Waals surface area contributed by atoms with Crippen LogP contribution in [-0.2, 0) is 6.54 Å². The molecule has 62 valence electrons. The van der Waals surface area contributed by atoms with Gasteiger partial charge in [-0.25, -0.2) is 0 Å². The van der Waals surface area contributed by atoms with E-state index < -0.39 is 0 Å². The van der Waals surface area contributed by atoms with E-state index in [0.717, 1.165) is 14.7 Å². The van der Waals surface area contributed by atoms with Crippen LogP contribution in [0.3, 0.4) is 0 Å². The molecule has 0 amide bonds. The van der Waals surface area contributed by atoms with Gasteiger partial charge in [-0.15, -0.1) is 0 Å². The summed E-state index contributed by atoms with van der Waals surface area (Å²) in [5.74, 6) is 0. The molecular formula is C9H9IN2. The van der Waals surface area contributed by atoms with Crippen LogP contribution in [0.15, 0.2) is 12.1 Å². The van der Waals surface area contributed by atoms with Crippen LogP contribution in [0.1, 0.15) is 16.7 Å². The van der Waals surface area contributed by atoms with Gasteiger partial charge in [0.25, 0.3) is 0 Å². The number of aryl methyl sites for hydroxylation is 1. The lowest BCUT2D eigenvalue weighted by molar-refractivity contribution is 1.04. The summed E-state index contributed by atoms with van der Waals surface area (Å²) in [4.78, 5) is 0. The molecule has 0 spiro atoms. The zero-order valence-corrected chi connectivity index (χ0v) is 8.92. The van der Waals surface area contributed by atoms with Crippen LogP contribution < -0.4 is 5.73 Å². The van der Waals surface area contributed by atoms with Gasteiger partial charge in [0.15, 0.2) is 0 Å². The Balaban J connectivity index is 3.30. The highest BCUT2D eigenvalue weighted by molar-refractivity contribution is 14.1. The molecule has 0 aliphatic carbocycles. The molecule has 3 heteroatoms. The summed E-state index contributed by atoms with van der Waals surface area (Å²) in [6, 6.07) is 5.84. The normalized spacial score (nSPS) is 9.50. The minimum Gasteiger partial charge on any atom is -0.326 e. The Kier molecular flexibility index (Phi) is 3.06. The molecule has 0 saturated carbocycles. The standard InChI is InChI=1S/C9H9IN2/c1-6-2-7(4-11)3-9(10)8(6)5-12/h2-3H,5,12H2,1H3. The fourth-order valence-corrected chi connectivity index (χ4v) is 2.08. The minimum absolute atomic E-state index is 0.538. The molecule has 0 heterocycles. The Morgan fingerprint density at radius 2 is 2.25 bits per heavy atom. The van der Waals surface area contributed by atoms with Crippen molar-refractivity contribution in [2.24, 2.45) is 5.73 Å². The molecule has 0 bridgehead atoms. The first-order chi connectivity index (χ1) is 5.69. The number of benzene rings is 1. The fraction of sp³-hybridized carbons (Fsp3) is 0.222. The quantitative estimate of drug-likeness (QED) is 0.794. The molecule has 2 N–H and O–H groups in total. The number of nitriles is 1. The Bertz CT molecular complexity index is 316. The highest BCUT2D eigenvalue weighted by Gasteiger charge is 2.03. The van der Waals surface area contributed by atoms with Crippen LogP contribution in [0, 0.1) is 21.8 Å². The summed E-state index contributed by atoms with van der Waals surface area (Å²) in [6.07, 6.45) is 0. The molecule has 0 aliphatic rings. The average Bonchev–Trinajstić information content (AvgIpc) is 2.03. The van der Waals surface area contributed by atoms with Crippen LogP contribution in [0.2, 0.25) is 0 Å². The topological polar surface area (TPSA) is 49.8 Å². The van der Waals surface area contributed by atoms with Gasteiger partial charge in [0.1, 0.15) is 0 Å². The predicted octanol–water partition coefficient (Wildman–Crippen LogP) is 1.93. The number of rotatable bonds is 1. The van der Waals surface area contributed by atoms with Crippen molar-refractivity contribution < 1.29 is 0 Å². The van der Waals surface area contributed by atoms with Crippen LogP contribution in [-0.4, -0.2) is 0 Å². The van der Waals surface area contributed by atoms with Gasteiger partial charge < -0.3 is 5.73 Å². The molecule has 2 nitrogen and oxygen atoms in total. The molecule has 12 heavy (non-hydrogen) atoms. The number of hydrogen-bond donors (Lipinski definition) is 1. The van der Waals surface area contributed by atoms with E-state index in [1.807, 2.05) is 19.1 Å². The highest BCUT2D eigenvalue weighted by atomic mass is 127. The average molecular weight is 272 g/mol. The van der Waals surface area contributed by atoms with E-state index in [0.29, 0.717) is 12.1 Å². The molecule has 0 fully saturated rings.